The van der Waals surface area contributed by atoms with Crippen LogP contribution in [0.3, 0.4) is 0 Å². The van der Waals surface area contributed by atoms with Gasteiger partial charge in [-0.3, -0.25) is 9.59 Å². The maximum atomic E-state index is 13.3. The van der Waals surface area contributed by atoms with E-state index in [2.05, 4.69) is 0 Å². The minimum absolute atomic E-state index is 0.369. The summed E-state index contributed by atoms with van der Waals surface area (Å²) in [7, 11) is 0. The monoisotopic (exact) mass is 399 g/mol. The van der Waals surface area contributed by atoms with E-state index in [1.165, 1.54) is 0 Å². The number of hydrogen-bond donors (Lipinski definition) is 0. The second-order valence-electron chi connectivity index (χ2n) is 7.07. The van der Waals surface area contributed by atoms with E-state index in [0.717, 1.165) is 28.2 Å². The molecule has 0 N–H and O–H groups in total. The quantitative estimate of drug-likeness (QED) is 0.367. The molecule has 150 valence electrons. The summed E-state index contributed by atoms with van der Waals surface area (Å²) in [5.74, 6) is -0.417. The molecule has 1 heterocycles. The van der Waals surface area contributed by atoms with Crippen LogP contribution < -0.4 is 11.1 Å². The molecule has 1 aromatic heterocycles. The third kappa shape index (κ3) is 3.50. The van der Waals surface area contributed by atoms with Gasteiger partial charge in [0, 0.05) is 10.8 Å². The van der Waals surface area contributed by atoms with Crippen LogP contribution in [0.25, 0.3) is 27.2 Å². The Morgan fingerprint density at radius 2 is 1.27 bits per heavy atom. The number of carbonyl (C=O) groups is 1. The Morgan fingerprint density at radius 1 is 0.767 bits per heavy atom. The zero-order chi connectivity index (χ0) is 21.1. The van der Waals surface area contributed by atoms with Gasteiger partial charge in [-0.15, -0.1) is 0 Å². The fourth-order valence-electron chi connectivity index (χ4n) is 3.52. The second-order valence-corrected chi connectivity index (χ2v) is 7.07. The number of aromatic nitrogens is 1. The largest absolute Gasteiger partial charge is 0.462 e. The zero-order valence-electron chi connectivity index (χ0n) is 16.6. The molecule has 0 unspecified atom stereocenters. The molecule has 0 aliphatic rings. The average molecular weight is 399 g/mol. The lowest BCUT2D eigenvalue weighted by Crippen LogP contribution is -2.28. The van der Waals surface area contributed by atoms with Crippen LogP contribution in [0.15, 0.2) is 82.4 Å². The van der Waals surface area contributed by atoms with E-state index in [9.17, 15) is 14.4 Å². The number of nitrogens with zero attached hydrogens (tertiary/aromatic N) is 1. The Labute approximate surface area is 173 Å². The number of fused-ring (bicyclic) bond motifs is 3. The highest BCUT2D eigenvalue weighted by Crippen LogP contribution is 2.20. The van der Waals surface area contributed by atoms with E-state index in [-0.39, 0.29) is 0 Å². The third-order valence-corrected chi connectivity index (χ3v) is 5.10. The van der Waals surface area contributed by atoms with Crippen LogP contribution in [0.1, 0.15) is 30.1 Å². The van der Waals surface area contributed by atoms with Crippen molar-refractivity contribution < 1.29 is 9.53 Å². The highest BCUT2D eigenvalue weighted by Gasteiger charge is 2.13. The average Bonchev–Trinajstić information content (AvgIpc) is 2.88. The smallest absolute Gasteiger partial charge is 0.338 e. The molecule has 4 rings (SSSR count). The van der Waals surface area contributed by atoms with Gasteiger partial charge in [0.15, 0.2) is 0 Å². The van der Waals surface area contributed by atoms with Crippen molar-refractivity contribution in [1.82, 2.24) is 4.57 Å². The highest BCUT2D eigenvalue weighted by molar-refractivity contribution is 6.05. The van der Waals surface area contributed by atoms with Crippen LogP contribution in [0, 0.1) is 0 Å². The van der Waals surface area contributed by atoms with Crippen LogP contribution in [-0.2, 0) is 4.74 Å². The first-order valence-electron chi connectivity index (χ1n) is 9.96. The van der Waals surface area contributed by atoms with Crippen LogP contribution in [0.2, 0.25) is 0 Å². The Hall–Kier alpha value is -3.73. The molecule has 4 aromatic rings. The summed E-state index contributed by atoms with van der Waals surface area (Å²) in [5, 5.41) is 2.37. The van der Waals surface area contributed by atoms with Crippen LogP contribution in [0.4, 0.5) is 0 Å². The first-order chi connectivity index (χ1) is 14.6. The number of unbranched alkanes of at least 4 members (excludes halogenated alkanes) is 1. The van der Waals surface area contributed by atoms with Gasteiger partial charge in [0.2, 0.25) is 0 Å². The maximum absolute atomic E-state index is 13.3. The van der Waals surface area contributed by atoms with Gasteiger partial charge in [-0.1, -0.05) is 49.7 Å². The Balaban J connectivity index is 1.90. The van der Waals surface area contributed by atoms with E-state index >= 15 is 0 Å². The third-order valence-electron chi connectivity index (χ3n) is 5.10. The van der Waals surface area contributed by atoms with E-state index < -0.39 is 17.1 Å². The lowest BCUT2D eigenvalue weighted by atomic mass is 10.1. The molecule has 0 saturated heterocycles. The first kappa shape index (κ1) is 19.6. The fraction of sp³-hybridized carbons (Fsp3) is 0.160. The molecule has 0 spiro atoms. The minimum atomic E-state index is -0.417. The lowest BCUT2D eigenvalue weighted by Gasteiger charge is -2.06. The van der Waals surface area contributed by atoms with E-state index in [1.807, 2.05) is 31.2 Å². The van der Waals surface area contributed by atoms with Gasteiger partial charge in [0.1, 0.15) is 0 Å². The molecule has 0 bridgehead atoms. The van der Waals surface area contributed by atoms with Crippen molar-refractivity contribution in [3.05, 3.63) is 99.1 Å². The summed E-state index contributed by atoms with van der Waals surface area (Å²) in [4.78, 5) is 38.8. The van der Waals surface area contributed by atoms with Crippen molar-refractivity contribution in [3.8, 4) is 5.69 Å². The van der Waals surface area contributed by atoms with Gasteiger partial charge in [0.05, 0.1) is 17.9 Å². The van der Waals surface area contributed by atoms with Crippen LogP contribution in [-0.4, -0.2) is 17.1 Å². The van der Waals surface area contributed by atoms with Gasteiger partial charge in [-0.25, -0.2) is 9.36 Å². The minimum Gasteiger partial charge on any atom is -0.462 e. The molecule has 0 atom stereocenters. The molecular formula is C25H21NO4. The first-order valence-corrected chi connectivity index (χ1v) is 9.96. The predicted octanol–water partition coefficient (Wildman–Crippen LogP) is 4.46. The number of carbonyl (C=O) groups excluding carboxylic acids is 1. The molecule has 3 aromatic carbocycles. The molecule has 0 amide bonds. The fourth-order valence-corrected chi connectivity index (χ4v) is 3.52. The van der Waals surface area contributed by atoms with Crippen molar-refractivity contribution in [2.75, 3.05) is 6.61 Å². The van der Waals surface area contributed by atoms with Gasteiger partial charge in [-0.05, 0) is 53.6 Å². The summed E-state index contributed by atoms with van der Waals surface area (Å²) in [6.07, 6.45) is 1.74. The van der Waals surface area contributed by atoms with E-state index in [1.54, 1.807) is 48.5 Å². The van der Waals surface area contributed by atoms with Gasteiger partial charge >= 0.3 is 5.97 Å². The van der Waals surface area contributed by atoms with Gasteiger partial charge in [0.25, 0.3) is 11.1 Å². The summed E-state index contributed by atoms with van der Waals surface area (Å²) >= 11 is 0. The molecule has 5 heteroatoms. The maximum Gasteiger partial charge on any atom is 0.338 e. The van der Waals surface area contributed by atoms with Crippen molar-refractivity contribution >= 4 is 27.5 Å². The predicted molar refractivity (Wildman–Crippen MR) is 119 cm³/mol. The number of hydrogen-bond acceptors (Lipinski definition) is 4. The van der Waals surface area contributed by atoms with Gasteiger partial charge in [-0.2, -0.15) is 0 Å². The second kappa shape index (κ2) is 8.33. The molecule has 5 nitrogen and oxygen atoms in total. The Morgan fingerprint density at radius 3 is 1.77 bits per heavy atom. The summed E-state index contributed by atoms with van der Waals surface area (Å²) in [5.41, 5.74) is -0.0119. The van der Waals surface area contributed by atoms with Crippen LogP contribution >= 0.6 is 0 Å². The summed E-state index contributed by atoms with van der Waals surface area (Å²) in [6, 6.07) is 20.7. The lowest BCUT2D eigenvalue weighted by molar-refractivity contribution is 0.0500. The zero-order valence-corrected chi connectivity index (χ0v) is 16.6. The molecule has 0 aliphatic carbocycles. The molecule has 0 radical (unpaired) electrons. The number of benzene rings is 3. The van der Waals surface area contributed by atoms with Crippen molar-refractivity contribution in [2.45, 2.75) is 19.8 Å². The normalized spacial score (nSPS) is 11.0. The molecule has 0 fully saturated rings. The number of rotatable bonds is 5. The highest BCUT2D eigenvalue weighted by atomic mass is 16.5. The summed E-state index contributed by atoms with van der Waals surface area (Å²) in [6.45, 7) is 2.39. The van der Waals surface area contributed by atoms with Crippen LogP contribution in [0.5, 0.6) is 0 Å². The number of esters is 1. The Kier molecular flexibility index (Phi) is 5.44. The van der Waals surface area contributed by atoms with E-state index in [4.69, 9.17) is 4.74 Å². The number of ether oxygens (including phenoxy) is 1. The van der Waals surface area contributed by atoms with E-state index in [0.29, 0.717) is 28.6 Å². The Bertz CT molecular complexity index is 1280. The SMILES string of the molecule is CCCCOC(=O)c1ccc(-n2c(=O)c3ccccc3c3ccccc3c2=O)cc1. The molecule has 0 aliphatic heterocycles. The topological polar surface area (TPSA) is 65.4 Å². The van der Waals surface area contributed by atoms with Crippen molar-refractivity contribution in [1.29, 1.82) is 0 Å². The van der Waals surface area contributed by atoms with Crippen molar-refractivity contribution in [3.63, 3.8) is 0 Å². The molecule has 0 saturated carbocycles. The standard InChI is InChI=1S/C25H21NO4/c1-2-3-16-30-25(29)17-12-14-18(15-13-17)26-23(27)21-10-6-4-8-19(21)20-9-5-7-11-22(20)24(26)28/h4-15H,2-3,16H2,1H3. The molecule has 30 heavy (non-hydrogen) atoms. The molecular weight excluding hydrogens is 378 g/mol. The summed E-state index contributed by atoms with van der Waals surface area (Å²) < 4.78 is 6.39. The van der Waals surface area contributed by atoms with Gasteiger partial charge < -0.3 is 4.74 Å². The van der Waals surface area contributed by atoms with Crippen molar-refractivity contribution in [2.24, 2.45) is 0 Å².